The number of thiazole rings is 1. The van der Waals surface area contributed by atoms with E-state index in [1.165, 1.54) is 11.3 Å². The molecule has 0 bridgehead atoms. The average Bonchev–Trinajstić information content (AvgIpc) is 3.06. The Hall–Kier alpha value is -2.28. The number of hydrogen-bond donors (Lipinski definition) is 1. The zero-order valence-corrected chi connectivity index (χ0v) is 13.4. The highest BCUT2D eigenvalue weighted by atomic mass is 32.1. The van der Waals surface area contributed by atoms with Crippen LogP contribution in [0.5, 0.6) is 0 Å². The first-order chi connectivity index (χ1) is 10.5. The van der Waals surface area contributed by atoms with E-state index in [2.05, 4.69) is 34.0 Å². The minimum Gasteiger partial charge on any atom is -0.333 e. The van der Waals surface area contributed by atoms with Gasteiger partial charge in [0.25, 0.3) is 11.4 Å². The molecule has 114 valence electrons. The Morgan fingerprint density at radius 3 is 2.82 bits per heavy atom. The van der Waals surface area contributed by atoms with E-state index in [-0.39, 0.29) is 5.56 Å². The molecule has 0 fully saturated rings. The number of pyridine rings is 1. The Bertz CT molecular complexity index is 847. The van der Waals surface area contributed by atoms with Crippen molar-refractivity contribution < 1.29 is 4.52 Å². The predicted octanol–water partition coefficient (Wildman–Crippen LogP) is 3.06. The maximum absolute atomic E-state index is 12.2. The molecule has 7 heteroatoms. The Labute approximate surface area is 131 Å². The van der Waals surface area contributed by atoms with Crippen molar-refractivity contribution >= 4 is 11.3 Å². The van der Waals surface area contributed by atoms with Crippen molar-refractivity contribution in [3.63, 3.8) is 0 Å². The van der Waals surface area contributed by atoms with Crippen LogP contribution in [-0.2, 0) is 6.42 Å². The summed E-state index contributed by atoms with van der Waals surface area (Å²) in [6.07, 6.45) is 0.826. The van der Waals surface area contributed by atoms with E-state index in [0.717, 1.165) is 22.7 Å². The van der Waals surface area contributed by atoms with Crippen molar-refractivity contribution in [1.82, 2.24) is 20.1 Å². The third-order valence-corrected chi connectivity index (χ3v) is 4.12. The molecule has 0 aliphatic rings. The summed E-state index contributed by atoms with van der Waals surface area (Å²) < 4.78 is 5.25. The minimum absolute atomic E-state index is 0.202. The highest BCUT2D eigenvalue weighted by molar-refractivity contribution is 7.13. The molecule has 1 N–H and O–H groups in total. The van der Waals surface area contributed by atoms with Crippen LogP contribution in [-0.4, -0.2) is 20.1 Å². The molecule has 0 aromatic carbocycles. The van der Waals surface area contributed by atoms with Gasteiger partial charge < -0.3 is 9.51 Å². The average molecular weight is 316 g/mol. The molecule has 0 saturated heterocycles. The van der Waals surface area contributed by atoms with Crippen LogP contribution in [0.25, 0.3) is 22.2 Å². The van der Waals surface area contributed by atoms with E-state index in [9.17, 15) is 4.79 Å². The predicted molar refractivity (Wildman–Crippen MR) is 84.7 cm³/mol. The van der Waals surface area contributed by atoms with Gasteiger partial charge in [0, 0.05) is 5.69 Å². The van der Waals surface area contributed by atoms with Gasteiger partial charge in [-0.25, -0.2) is 4.98 Å². The molecule has 3 heterocycles. The van der Waals surface area contributed by atoms with Crippen molar-refractivity contribution in [2.75, 3.05) is 0 Å². The third-order valence-electron chi connectivity index (χ3n) is 3.20. The fourth-order valence-electron chi connectivity index (χ4n) is 2.18. The summed E-state index contributed by atoms with van der Waals surface area (Å²) in [7, 11) is 0. The lowest BCUT2D eigenvalue weighted by Gasteiger charge is -2.04. The first-order valence-corrected chi connectivity index (χ1v) is 7.89. The molecule has 6 nitrogen and oxygen atoms in total. The molecule has 3 aromatic rings. The highest BCUT2D eigenvalue weighted by Crippen LogP contribution is 2.26. The minimum atomic E-state index is -0.202. The molecule has 0 atom stereocenters. The van der Waals surface area contributed by atoms with Crippen molar-refractivity contribution in [2.24, 2.45) is 5.92 Å². The fraction of sp³-hybridized carbons (Fsp3) is 0.333. The van der Waals surface area contributed by atoms with Crippen LogP contribution >= 0.6 is 11.3 Å². The van der Waals surface area contributed by atoms with Gasteiger partial charge >= 0.3 is 0 Å². The van der Waals surface area contributed by atoms with Crippen LogP contribution < -0.4 is 5.56 Å². The molecule has 3 rings (SSSR count). The van der Waals surface area contributed by atoms with E-state index in [4.69, 9.17) is 4.52 Å². The summed E-state index contributed by atoms with van der Waals surface area (Å²) >= 11 is 1.43. The number of aryl methyl sites for hydroxylation is 1. The molecular weight excluding hydrogens is 300 g/mol. The van der Waals surface area contributed by atoms with Gasteiger partial charge in [0.1, 0.15) is 4.88 Å². The quantitative estimate of drug-likeness (QED) is 0.799. The zero-order chi connectivity index (χ0) is 15.7. The second-order valence-electron chi connectivity index (χ2n) is 5.51. The first kappa shape index (κ1) is 14.6. The van der Waals surface area contributed by atoms with Gasteiger partial charge in [0.05, 0.1) is 16.8 Å². The van der Waals surface area contributed by atoms with E-state index >= 15 is 0 Å². The third kappa shape index (κ3) is 2.85. The van der Waals surface area contributed by atoms with Gasteiger partial charge in [-0.05, 0) is 31.4 Å². The van der Waals surface area contributed by atoms with Gasteiger partial charge in [-0.3, -0.25) is 4.79 Å². The molecule has 22 heavy (non-hydrogen) atoms. The van der Waals surface area contributed by atoms with E-state index < -0.39 is 0 Å². The largest absolute Gasteiger partial charge is 0.333 e. The second kappa shape index (κ2) is 5.84. The number of rotatable bonds is 4. The molecule has 0 aliphatic heterocycles. The van der Waals surface area contributed by atoms with Crippen LogP contribution in [0.1, 0.15) is 25.2 Å². The normalized spacial score (nSPS) is 11.3. The Morgan fingerprint density at radius 1 is 1.36 bits per heavy atom. The molecule has 3 aromatic heterocycles. The number of hydrogen-bond acceptors (Lipinski definition) is 6. The molecular formula is C15H16N4O2S. The lowest BCUT2D eigenvalue weighted by molar-refractivity contribution is 0.433. The van der Waals surface area contributed by atoms with Crippen LogP contribution in [0, 0.1) is 12.8 Å². The van der Waals surface area contributed by atoms with E-state index in [1.54, 1.807) is 11.6 Å². The maximum atomic E-state index is 12.2. The van der Waals surface area contributed by atoms with Crippen LogP contribution in [0.3, 0.4) is 0 Å². The summed E-state index contributed by atoms with van der Waals surface area (Å²) in [6, 6.07) is 3.63. The van der Waals surface area contributed by atoms with Crippen LogP contribution in [0.2, 0.25) is 0 Å². The summed E-state index contributed by atoms with van der Waals surface area (Å²) in [6.45, 7) is 6.09. The van der Waals surface area contributed by atoms with Gasteiger partial charge in [0.2, 0.25) is 5.82 Å². The van der Waals surface area contributed by atoms with Crippen LogP contribution in [0.4, 0.5) is 0 Å². The molecule has 0 spiro atoms. The van der Waals surface area contributed by atoms with Gasteiger partial charge in [0.15, 0.2) is 0 Å². The highest BCUT2D eigenvalue weighted by Gasteiger charge is 2.16. The van der Waals surface area contributed by atoms with Gasteiger partial charge in [-0.15, -0.1) is 11.3 Å². The second-order valence-corrected chi connectivity index (χ2v) is 6.37. The topological polar surface area (TPSA) is 84.7 Å². The Morgan fingerprint density at radius 2 is 2.18 bits per heavy atom. The monoisotopic (exact) mass is 316 g/mol. The van der Waals surface area contributed by atoms with E-state index in [0.29, 0.717) is 23.2 Å². The van der Waals surface area contributed by atoms with Gasteiger partial charge in [-0.1, -0.05) is 19.0 Å². The lowest BCUT2D eigenvalue weighted by atomic mass is 10.1. The molecule has 0 unspecified atom stereocenters. The summed E-state index contributed by atoms with van der Waals surface area (Å²) in [5.74, 6) is 1.16. The van der Waals surface area contributed by atoms with Crippen LogP contribution in [0.15, 0.2) is 27.0 Å². The molecule has 0 radical (unpaired) electrons. The smallest absolute Gasteiger partial charge is 0.270 e. The van der Waals surface area contributed by atoms with E-state index in [1.807, 2.05) is 13.0 Å². The van der Waals surface area contributed by atoms with Crippen molar-refractivity contribution in [3.8, 4) is 22.2 Å². The molecule has 0 amide bonds. The Balaban J connectivity index is 1.94. The summed E-state index contributed by atoms with van der Waals surface area (Å²) in [4.78, 5) is 24.4. The number of aromatic nitrogens is 4. The van der Waals surface area contributed by atoms with Crippen molar-refractivity contribution in [3.05, 3.63) is 39.4 Å². The standard InChI is InChI=1S/C15H16N4O2S/c1-8(2)6-10-4-5-11(14(20)17-10)13-18-15(21-19-13)12-9(3)16-7-22-12/h4-5,7-8H,6H2,1-3H3,(H,17,20). The SMILES string of the molecule is Cc1ncsc1-c1nc(-c2ccc(CC(C)C)[nH]c2=O)no1. The number of nitrogens with one attached hydrogen (secondary N) is 1. The summed E-state index contributed by atoms with van der Waals surface area (Å²) in [5.41, 5.74) is 3.67. The number of H-pyrrole nitrogens is 1. The maximum Gasteiger partial charge on any atom is 0.270 e. The number of aromatic amines is 1. The van der Waals surface area contributed by atoms with Crippen molar-refractivity contribution in [1.29, 1.82) is 0 Å². The fourth-order valence-corrected chi connectivity index (χ4v) is 2.90. The molecule has 0 saturated carbocycles. The first-order valence-electron chi connectivity index (χ1n) is 7.01. The Kier molecular flexibility index (Phi) is 3.89. The zero-order valence-electron chi connectivity index (χ0n) is 12.6. The summed E-state index contributed by atoms with van der Waals surface area (Å²) in [5, 5.41) is 3.91. The van der Waals surface area contributed by atoms with Crippen molar-refractivity contribution in [2.45, 2.75) is 27.2 Å². The lowest BCUT2D eigenvalue weighted by Crippen LogP contribution is -2.13. The number of nitrogens with zero attached hydrogens (tertiary/aromatic N) is 3. The molecule has 0 aliphatic carbocycles. The van der Waals surface area contributed by atoms with Gasteiger partial charge in [-0.2, -0.15) is 4.98 Å².